The highest BCUT2D eigenvalue weighted by atomic mass is 32.2. The number of fused-ring (bicyclic) bond motifs is 1. The van der Waals surface area contributed by atoms with Crippen molar-refractivity contribution in [3.05, 3.63) is 83.4 Å². The number of hydrogen-bond donors (Lipinski definition) is 1. The number of para-hydroxylation sites is 1. The van der Waals surface area contributed by atoms with Gasteiger partial charge < -0.3 is 9.88 Å². The SMILES string of the molecule is O=S(=O)(N1Cc2ccccc2N(Cc2[nH]cnc2C(F)(F)F)C(CCc2ccccc2)C1)C(F)(F)F. The highest BCUT2D eigenvalue weighted by Crippen LogP contribution is 2.37. The molecule has 0 saturated heterocycles. The summed E-state index contributed by atoms with van der Waals surface area (Å²) in [6.45, 7) is -1.48. The molecule has 6 nitrogen and oxygen atoms in total. The molecule has 1 aliphatic rings. The van der Waals surface area contributed by atoms with Crippen LogP contribution < -0.4 is 4.90 Å². The monoisotopic (exact) mass is 532 g/mol. The van der Waals surface area contributed by atoms with Gasteiger partial charge >= 0.3 is 21.7 Å². The van der Waals surface area contributed by atoms with Crippen molar-refractivity contribution in [1.29, 1.82) is 0 Å². The molecule has 1 unspecified atom stereocenters. The molecule has 1 aromatic heterocycles. The van der Waals surface area contributed by atoms with Crippen molar-refractivity contribution >= 4 is 15.7 Å². The first-order chi connectivity index (χ1) is 16.9. The largest absolute Gasteiger partial charge is 0.511 e. The Bertz CT molecular complexity index is 1290. The van der Waals surface area contributed by atoms with Crippen molar-refractivity contribution in [1.82, 2.24) is 14.3 Å². The van der Waals surface area contributed by atoms with Gasteiger partial charge in [0, 0.05) is 24.8 Å². The molecular weight excluding hydrogens is 510 g/mol. The predicted octanol–water partition coefficient (Wildman–Crippen LogP) is 5.10. The number of benzene rings is 2. The number of rotatable bonds is 6. The zero-order valence-corrected chi connectivity index (χ0v) is 19.5. The molecule has 0 fully saturated rings. The smallest absolute Gasteiger partial charge is 0.361 e. The molecule has 0 saturated carbocycles. The average molecular weight is 533 g/mol. The lowest BCUT2D eigenvalue weighted by Crippen LogP contribution is -2.47. The Kier molecular flexibility index (Phi) is 7.06. The van der Waals surface area contributed by atoms with Gasteiger partial charge in [-0.25, -0.2) is 13.4 Å². The fourth-order valence-electron chi connectivity index (χ4n) is 4.33. The number of halogens is 6. The van der Waals surface area contributed by atoms with Gasteiger partial charge in [0.25, 0.3) is 0 Å². The minimum atomic E-state index is -5.69. The van der Waals surface area contributed by atoms with Gasteiger partial charge in [-0.2, -0.15) is 30.6 Å². The molecule has 1 atom stereocenters. The van der Waals surface area contributed by atoms with Gasteiger partial charge in [0.1, 0.15) is 0 Å². The fraction of sp³-hybridized carbons (Fsp3) is 0.348. The molecule has 1 N–H and O–H groups in total. The Hall–Kier alpha value is -3.06. The van der Waals surface area contributed by atoms with E-state index in [2.05, 4.69) is 9.97 Å². The molecule has 194 valence electrons. The predicted molar refractivity (Wildman–Crippen MR) is 120 cm³/mol. The van der Waals surface area contributed by atoms with Gasteiger partial charge in [-0.3, -0.25) is 0 Å². The van der Waals surface area contributed by atoms with Crippen LogP contribution in [0, 0.1) is 0 Å². The molecule has 0 bridgehead atoms. The molecule has 0 amide bonds. The zero-order valence-electron chi connectivity index (χ0n) is 18.7. The number of nitrogens with zero attached hydrogens (tertiary/aromatic N) is 3. The Labute approximate surface area is 203 Å². The second kappa shape index (κ2) is 9.77. The molecule has 36 heavy (non-hydrogen) atoms. The van der Waals surface area contributed by atoms with E-state index in [0.717, 1.165) is 11.9 Å². The lowest BCUT2D eigenvalue weighted by atomic mass is 10.0. The van der Waals surface area contributed by atoms with Gasteiger partial charge in [0.05, 0.1) is 18.6 Å². The third kappa shape index (κ3) is 5.36. The number of anilines is 1. The molecule has 0 radical (unpaired) electrons. The van der Waals surface area contributed by atoms with Crippen LogP contribution in [0.25, 0.3) is 0 Å². The Morgan fingerprint density at radius 3 is 2.31 bits per heavy atom. The first-order valence-corrected chi connectivity index (χ1v) is 12.4. The maximum absolute atomic E-state index is 13.5. The minimum absolute atomic E-state index is 0.192. The van der Waals surface area contributed by atoms with E-state index in [0.29, 0.717) is 16.4 Å². The second-order valence-electron chi connectivity index (χ2n) is 8.41. The van der Waals surface area contributed by atoms with Gasteiger partial charge in [-0.15, -0.1) is 0 Å². The maximum Gasteiger partial charge on any atom is 0.511 e. The normalized spacial score (nSPS) is 17.6. The van der Waals surface area contributed by atoms with Crippen LogP contribution in [0.2, 0.25) is 0 Å². The summed E-state index contributed by atoms with van der Waals surface area (Å²) in [5, 5.41) is 0. The van der Waals surface area contributed by atoms with Crippen LogP contribution >= 0.6 is 0 Å². The van der Waals surface area contributed by atoms with Crippen molar-refractivity contribution in [3.63, 3.8) is 0 Å². The number of aromatic amines is 1. The summed E-state index contributed by atoms with van der Waals surface area (Å²) in [6, 6.07) is 14.3. The Morgan fingerprint density at radius 2 is 1.64 bits per heavy atom. The molecule has 2 aromatic carbocycles. The number of nitrogens with one attached hydrogen (secondary N) is 1. The number of hydrogen-bond acceptors (Lipinski definition) is 4. The van der Waals surface area contributed by atoms with Crippen molar-refractivity contribution < 1.29 is 34.8 Å². The number of aryl methyl sites for hydroxylation is 1. The highest BCUT2D eigenvalue weighted by molar-refractivity contribution is 7.89. The van der Waals surface area contributed by atoms with Crippen molar-refractivity contribution in [2.24, 2.45) is 0 Å². The van der Waals surface area contributed by atoms with E-state index < -0.39 is 46.5 Å². The number of sulfonamides is 1. The van der Waals surface area contributed by atoms with Crippen molar-refractivity contribution in [3.8, 4) is 0 Å². The van der Waals surface area contributed by atoms with E-state index in [1.54, 1.807) is 30.3 Å². The van der Waals surface area contributed by atoms with Gasteiger partial charge in [0.15, 0.2) is 5.69 Å². The fourth-order valence-corrected chi connectivity index (χ4v) is 5.30. The van der Waals surface area contributed by atoms with Gasteiger partial charge in [0.2, 0.25) is 0 Å². The first kappa shape index (κ1) is 26.0. The summed E-state index contributed by atoms with van der Waals surface area (Å²) in [5.41, 5.74) is -5.45. The van der Waals surface area contributed by atoms with Crippen LogP contribution in [0.1, 0.15) is 28.9 Å². The molecular formula is C23H22F6N4O2S. The average Bonchev–Trinajstić information content (AvgIpc) is 3.23. The maximum atomic E-state index is 13.5. The van der Waals surface area contributed by atoms with Crippen LogP contribution in [0.4, 0.5) is 32.0 Å². The number of H-pyrrole nitrogens is 1. The minimum Gasteiger partial charge on any atom is -0.361 e. The zero-order chi connectivity index (χ0) is 26.1. The lowest BCUT2D eigenvalue weighted by Gasteiger charge is -2.34. The highest BCUT2D eigenvalue weighted by Gasteiger charge is 2.51. The lowest BCUT2D eigenvalue weighted by molar-refractivity contribution is -0.141. The summed E-state index contributed by atoms with van der Waals surface area (Å²) in [6.07, 6.45) is -3.27. The summed E-state index contributed by atoms with van der Waals surface area (Å²) < 4.78 is 106. The molecule has 3 aromatic rings. The molecule has 0 aliphatic carbocycles. The van der Waals surface area contributed by atoms with E-state index in [9.17, 15) is 34.8 Å². The summed E-state index contributed by atoms with van der Waals surface area (Å²) in [5.74, 6) is 0. The second-order valence-corrected chi connectivity index (χ2v) is 10.3. The van der Waals surface area contributed by atoms with Crippen LogP contribution in [0.3, 0.4) is 0 Å². The summed E-state index contributed by atoms with van der Waals surface area (Å²) in [7, 11) is -5.69. The van der Waals surface area contributed by atoms with Crippen LogP contribution in [0.5, 0.6) is 0 Å². The molecule has 0 spiro atoms. The molecule has 2 heterocycles. The third-order valence-corrected chi connectivity index (χ3v) is 7.60. The number of alkyl halides is 6. The van der Waals surface area contributed by atoms with E-state index in [4.69, 9.17) is 0 Å². The van der Waals surface area contributed by atoms with E-state index >= 15 is 0 Å². The van der Waals surface area contributed by atoms with E-state index in [1.807, 2.05) is 12.1 Å². The standard InChI is InChI=1S/C23H22F6N4O2S/c24-22(25,26)21-19(30-15-31-21)14-33-18(11-10-16-6-2-1-3-7-16)13-32(36(34,35)23(27,28)29)12-17-8-4-5-9-20(17)33/h1-9,15,18H,10-14H2,(H,30,31). The van der Waals surface area contributed by atoms with Crippen LogP contribution in [-0.2, 0) is 35.7 Å². The topological polar surface area (TPSA) is 69.3 Å². The van der Waals surface area contributed by atoms with Crippen molar-refractivity contribution in [2.75, 3.05) is 11.4 Å². The molecule has 13 heteroatoms. The number of aromatic nitrogens is 2. The Balaban J connectivity index is 1.78. The quantitative estimate of drug-likeness (QED) is 0.449. The summed E-state index contributed by atoms with van der Waals surface area (Å²) in [4.78, 5) is 7.40. The van der Waals surface area contributed by atoms with E-state index in [-0.39, 0.29) is 24.2 Å². The van der Waals surface area contributed by atoms with Gasteiger partial charge in [-0.1, -0.05) is 48.5 Å². The Morgan fingerprint density at radius 1 is 0.972 bits per heavy atom. The van der Waals surface area contributed by atoms with Crippen LogP contribution in [-0.4, -0.2) is 40.8 Å². The number of imidazole rings is 1. The first-order valence-electron chi connectivity index (χ1n) is 10.9. The van der Waals surface area contributed by atoms with Gasteiger partial charge in [-0.05, 0) is 30.0 Å². The third-order valence-electron chi connectivity index (χ3n) is 6.06. The molecule has 1 aliphatic heterocycles. The summed E-state index contributed by atoms with van der Waals surface area (Å²) >= 11 is 0. The van der Waals surface area contributed by atoms with Crippen LogP contribution in [0.15, 0.2) is 60.9 Å². The molecule has 4 rings (SSSR count). The van der Waals surface area contributed by atoms with Crippen molar-refractivity contribution in [2.45, 2.75) is 43.7 Å². The van der Waals surface area contributed by atoms with E-state index in [1.165, 1.54) is 17.0 Å².